The highest BCUT2D eigenvalue weighted by Crippen LogP contribution is 2.29. The maximum absolute atomic E-state index is 13.2. The molecule has 0 saturated carbocycles. The van der Waals surface area contributed by atoms with Crippen LogP contribution in [0.15, 0.2) is 46.2 Å². The second kappa shape index (κ2) is 8.24. The fourth-order valence-corrected chi connectivity index (χ4v) is 5.15. The van der Waals surface area contributed by atoms with E-state index < -0.39 is 0 Å². The summed E-state index contributed by atoms with van der Waals surface area (Å²) in [6.45, 7) is 3.09. The zero-order valence-electron chi connectivity index (χ0n) is 16.7. The molecule has 0 amide bonds. The van der Waals surface area contributed by atoms with Crippen molar-refractivity contribution in [1.29, 1.82) is 0 Å². The number of nitrogens with zero attached hydrogens (tertiary/aromatic N) is 3. The largest absolute Gasteiger partial charge is 0.305 e. The molecule has 3 aromatic rings. The molecule has 2 aromatic heterocycles. The van der Waals surface area contributed by atoms with Gasteiger partial charge in [0.2, 0.25) is 0 Å². The van der Waals surface area contributed by atoms with Crippen LogP contribution in [0.5, 0.6) is 0 Å². The maximum Gasteiger partial charge on any atom is 0.255 e. The highest BCUT2D eigenvalue weighted by Gasteiger charge is 2.23. The summed E-state index contributed by atoms with van der Waals surface area (Å²) in [6.07, 6.45) is 3.88. The first-order valence-electron chi connectivity index (χ1n) is 10.4. The SMILES string of the molecule is O=c1[nH]c(C2=NCCCC2)nc2c1CN(Cc1ccc(-c3ccc(F)cc3)s1)CC2. The van der Waals surface area contributed by atoms with Gasteiger partial charge in [-0.2, -0.15) is 0 Å². The Morgan fingerprint density at radius 3 is 2.77 bits per heavy atom. The number of aromatic nitrogens is 2. The van der Waals surface area contributed by atoms with Gasteiger partial charge in [0.1, 0.15) is 5.82 Å². The Morgan fingerprint density at radius 1 is 1.10 bits per heavy atom. The fraction of sp³-hybridized carbons (Fsp3) is 0.348. The van der Waals surface area contributed by atoms with Crippen LogP contribution in [-0.2, 0) is 19.5 Å². The van der Waals surface area contributed by atoms with Crippen LogP contribution in [0.1, 0.15) is 41.2 Å². The lowest BCUT2D eigenvalue weighted by Gasteiger charge is -2.27. The quantitative estimate of drug-likeness (QED) is 0.687. The molecule has 30 heavy (non-hydrogen) atoms. The zero-order chi connectivity index (χ0) is 20.5. The molecule has 7 heteroatoms. The Bertz CT molecular complexity index is 1150. The Balaban J connectivity index is 1.31. The molecular formula is C23H23FN4OS. The third-order valence-electron chi connectivity index (χ3n) is 5.72. The number of halogens is 1. The van der Waals surface area contributed by atoms with Gasteiger partial charge in [-0.25, -0.2) is 9.37 Å². The van der Waals surface area contributed by atoms with E-state index in [1.807, 2.05) is 12.1 Å². The molecule has 0 fully saturated rings. The van der Waals surface area contributed by atoms with E-state index in [0.717, 1.165) is 72.7 Å². The Morgan fingerprint density at radius 2 is 1.97 bits per heavy atom. The molecule has 5 rings (SSSR count). The molecule has 154 valence electrons. The second-order valence-corrected chi connectivity index (χ2v) is 9.03. The molecule has 0 saturated heterocycles. The average molecular weight is 423 g/mol. The van der Waals surface area contributed by atoms with Gasteiger partial charge >= 0.3 is 0 Å². The molecule has 1 N–H and O–H groups in total. The zero-order valence-corrected chi connectivity index (χ0v) is 17.5. The van der Waals surface area contributed by atoms with E-state index in [2.05, 4.69) is 27.0 Å². The van der Waals surface area contributed by atoms with Crippen LogP contribution in [0.4, 0.5) is 4.39 Å². The average Bonchev–Trinajstić information content (AvgIpc) is 3.23. The first-order valence-corrected chi connectivity index (χ1v) is 11.2. The summed E-state index contributed by atoms with van der Waals surface area (Å²) in [5.41, 5.74) is 3.62. The summed E-state index contributed by atoms with van der Waals surface area (Å²) in [4.78, 5) is 29.6. The molecular weight excluding hydrogens is 399 g/mol. The van der Waals surface area contributed by atoms with Crippen LogP contribution in [0.2, 0.25) is 0 Å². The van der Waals surface area contributed by atoms with E-state index in [9.17, 15) is 9.18 Å². The Kier molecular flexibility index (Phi) is 5.31. The third kappa shape index (κ3) is 4.00. The van der Waals surface area contributed by atoms with Crippen molar-refractivity contribution < 1.29 is 4.39 Å². The van der Waals surface area contributed by atoms with Crippen LogP contribution in [0.3, 0.4) is 0 Å². The lowest BCUT2D eigenvalue weighted by atomic mass is 10.1. The molecule has 0 radical (unpaired) electrons. The first kappa shape index (κ1) is 19.3. The lowest BCUT2D eigenvalue weighted by molar-refractivity contribution is 0.244. The fourth-order valence-electron chi connectivity index (χ4n) is 4.10. The van der Waals surface area contributed by atoms with E-state index >= 15 is 0 Å². The van der Waals surface area contributed by atoms with Crippen LogP contribution in [0.25, 0.3) is 10.4 Å². The maximum atomic E-state index is 13.2. The number of H-pyrrole nitrogens is 1. The van der Waals surface area contributed by atoms with Crippen LogP contribution in [-0.4, -0.2) is 33.7 Å². The summed E-state index contributed by atoms with van der Waals surface area (Å²) in [5, 5.41) is 0. The number of hydrogen-bond acceptors (Lipinski definition) is 5. The van der Waals surface area contributed by atoms with Gasteiger partial charge < -0.3 is 4.98 Å². The second-order valence-electron chi connectivity index (χ2n) is 7.86. The number of nitrogens with one attached hydrogen (secondary N) is 1. The van der Waals surface area contributed by atoms with Gasteiger partial charge in [0.25, 0.3) is 5.56 Å². The van der Waals surface area contributed by atoms with Crippen molar-refractivity contribution in [3.05, 3.63) is 74.5 Å². The highest BCUT2D eigenvalue weighted by molar-refractivity contribution is 7.15. The van der Waals surface area contributed by atoms with Gasteiger partial charge in [-0.3, -0.25) is 14.7 Å². The van der Waals surface area contributed by atoms with Crippen molar-refractivity contribution in [2.24, 2.45) is 4.99 Å². The van der Waals surface area contributed by atoms with Crippen molar-refractivity contribution in [1.82, 2.24) is 14.9 Å². The lowest BCUT2D eigenvalue weighted by Crippen LogP contribution is -2.36. The molecule has 0 spiro atoms. The number of rotatable bonds is 4. The van der Waals surface area contributed by atoms with Crippen molar-refractivity contribution in [3.63, 3.8) is 0 Å². The predicted octanol–water partition coefficient (Wildman–Crippen LogP) is 4.17. The molecule has 0 atom stereocenters. The van der Waals surface area contributed by atoms with E-state index in [1.54, 1.807) is 11.3 Å². The molecule has 0 bridgehead atoms. The normalized spacial score (nSPS) is 16.9. The third-order valence-corrected chi connectivity index (χ3v) is 6.83. The summed E-state index contributed by atoms with van der Waals surface area (Å²) in [7, 11) is 0. The predicted molar refractivity (Wildman–Crippen MR) is 118 cm³/mol. The van der Waals surface area contributed by atoms with Gasteiger partial charge in [0, 0.05) is 42.4 Å². The van der Waals surface area contributed by atoms with Crippen LogP contribution >= 0.6 is 11.3 Å². The number of aliphatic imine (C=N–C) groups is 1. The van der Waals surface area contributed by atoms with Crippen molar-refractivity contribution in [2.75, 3.05) is 13.1 Å². The minimum atomic E-state index is -0.222. The van der Waals surface area contributed by atoms with Crippen LogP contribution < -0.4 is 5.56 Å². The Hall–Kier alpha value is -2.64. The van der Waals surface area contributed by atoms with Gasteiger partial charge in [-0.15, -0.1) is 11.3 Å². The van der Waals surface area contributed by atoms with E-state index in [-0.39, 0.29) is 11.4 Å². The number of fused-ring (bicyclic) bond motifs is 1. The van der Waals surface area contributed by atoms with E-state index in [4.69, 9.17) is 4.98 Å². The molecule has 0 unspecified atom stereocenters. The minimum absolute atomic E-state index is 0.0360. The van der Waals surface area contributed by atoms with E-state index in [0.29, 0.717) is 12.4 Å². The first-order chi connectivity index (χ1) is 14.7. The summed E-state index contributed by atoms with van der Waals surface area (Å²) in [6, 6.07) is 10.8. The standard InChI is InChI=1S/C23H23FN4OS/c24-16-6-4-15(5-7-16)21-9-8-17(30-21)13-28-12-10-19-18(14-28)23(29)27-22(26-19)20-3-1-2-11-25-20/h4-9H,1-3,10-14H2,(H,26,27,29). The van der Waals surface area contributed by atoms with Gasteiger partial charge in [0.15, 0.2) is 5.82 Å². The van der Waals surface area contributed by atoms with Crippen LogP contribution in [0, 0.1) is 5.82 Å². The van der Waals surface area contributed by atoms with Crippen molar-refractivity contribution in [3.8, 4) is 10.4 Å². The topological polar surface area (TPSA) is 61.4 Å². The molecule has 5 nitrogen and oxygen atoms in total. The van der Waals surface area contributed by atoms with Gasteiger partial charge in [0.05, 0.1) is 17.0 Å². The monoisotopic (exact) mass is 422 g/mol. The van der Waals surface area contributed by atoms with Crippen molar-refractivity contribution in [2.45, 2.75) is 38.8 Å². The summed E-state index contributed by atoms with van der Waals surface area (Å²) < 4.78 is 13.2. The molecule has 2 aliphatic heterocycles. The number of hydrogen-bond donors (Lipinski definition) is 1. The summed E-state index contributed by atoms with van der Waals surface area (Å²) >= 11 is 1.71. The van der Waals surface area contributed by atoms with E-state index in [1.165, 1.54) is 17.0 Å². The molecule has 0 aliphatic carbocycles. The molecule has 2 aliphatic rings. The highest BCUT2D eigenvalue weighted by atomic mass is 32.1. The van der Waals surface area contributed by atoms with Crippen molar-refractivity contribution >= 4 is 17.0 Å². The van der Waals surface area contributed by atoms with Gasteiger partial charge in [-0.05, 0) is 49.1 Å². The smallest absolute Gasteiger partial charge is 0.255 e. The number of thiophene rings is 1. The minimum Gasteiger partial charge on any atom is -0.305 e. The number of aromatic amines is 1. The summed E-state index contributed by atoms with van der Waals surface area (Å²) in [5.74, 6) is 0.439. The molecule has 4 heterocycles. The molecule has 1 aromatic carbocycles. The number of benzene rings is 1. The Labute approximate surface area is 178 Å². The van der Waals surface area contributed by atoms with Gasteiger partial charge in [-0.1, -0.05) is 12.1 Å².